The maximum atomic E-state index is 4.05. The predicted octanol–water partition coefficient (Wildman–Crippen LogP) is 2.57. The molecule has 0 radical (unpaired) electrons. The Kier molecular flexibility index (Phi) is 5.17. The van der Waals surface area contributed by atoms with Gasteiger partial charge in [-0.1, -0.05) is 20.4 Å². The van der Waals surface area contributed by atoms with E-state index in [1.807, 2.05) is 24.6 Å². The van der Waals surface area contributed by atoms with E-state index < -0.39 is 0 Å². The van der Waals surface area contributed by atoms with E-state index in [4.69, 9.17) is 0 Å². The van der Waals surface area contributed by atoms with Crippen LogP contribution >= 0.6 is 0 Å². The molecule has 0 aromatic carbocycles. The van der Waals surface area contributed by atoms with Crippen LogP contribution in [0, 0.1) is 0 Å². The Bertz CT molecular complexity index is 201. The monoisotopic (exact) mass is 152 g/mol. The third-order valence-electron chi connectivity index (χ3n) is 1.26. The summed E-state index contributed by atoms with van der Waals surface area (Å²) in [5.41, 5.74) is 1.08. The van der Waals surface area contributed by atoms with Crippen LogP contribution in [-0.4, -0.2) is 9.78 Å². The van der Waals surface area contributed by atoms with E-state index in [1.165, 1.54) is 0 Å². The van der Waals surface area contributed by atoms with Crippen molar-refractivity contribution in [2.75, 3.05) is 0 Å². The quantitative estimate of drug-likeness (QED) is 0.637. The Balaban J connectivity index is 0.000000461. The third-order valence-corrected chi connectivity index (χ3v) is 1.26. The smallest absolute Gasteiger partial charge is 0.0603 e. The normalized spacial score (nSPS) is 8.27. The molecule has 0 saturated heterocycles. The molecule has 0 saturated carbocycles. The van der Waals surface area contributed by atoms with Crippen molar-refractivity contribution < 1.29 is 0 Å². The van der Waals surface area contributed by atoms with E-state index >= 15 is 0 Å². The topological polar surface area (TPSA) is 17.8 Å². The van der Waals surface area contributed by atoms with Gasteiger partial charge in [0, 0.05) is 12.7 Å². The zero-order valence-corrected chi connectivity index (χ0v) is 7.54. The van der Waals surface area contributed by atoms with E-state index in [0.29, 0.717) is 0 Å². The minimum Gasteiger partial charge on any atom is -0.266 e. The lowest BCUT2D eigenvalue weighted by Gasteiger charge is -1.96. The molecule has 0 aliphatic heterocycles. The Morgan fingerprint density at radius 1 is 1.64 bits per heavy atom. The maximum absolute atomic E-state index is 4.05. The molecule has 0 fully saturated rings. The average Bonchev–Trinajstić information content (AvgIpc) is 2.54. The van der Waals surface area contributed by atoms with Crippen LogP contribution in [0.2, 0.25) is 0 Å². The second-order valence-corrected chi connectivity index (χ2v) is 1.78. The van der Waals surface area contributed by atoms with Gasteiger partial charge in [-0.2, -0.15) is 5.10 Å². The first kappa shape index (κ1) is 9.95. The second kappa shape index (κ2) is 5.71. The van der Waals surface area contributed by atoms with Gasteiger partial charge in [0.15, 0.2) is 0 Å². The minimum absolute atomic E-state index is 0.911. The first-order valence-corrected chi connectivity index (χ1v) is 4.02. The zero-order valence-electron chi connectivity index (χ0n) is 7.54. The van der Waals surface area contributed by atoms with Crippen molar-refractivity contribution in [1.29, 1.82) is 0 Å². The second-order valence-electron chi connectivity index (χ2n) is 1.78. The van der Waals surface area contributed by atoms with Crippen LogP contribution in [0.1, 0.15) is 26.5 Å². The minimum atomic E-state index is 0.911. The highest BCUT2D eigenvalue weighted by Gasteiger charge is 1.91. The van der Waals surface area contributed by atoms with Gasteiger partial charge >= 0.3 is 0 Å². The van der Waals surface area contributed by atoms with Gasteiger partial charge in [-0.25, -0.2) is 0 Å². The summed E-state index contributed by atoms with van der Waals surface area (Å²) in [6.45, 7) is 10.6. The van der Waals surface area contributed by atoms with Gasteiger partial charge in [-0.15, -0.1) is 0 Å². The molecule has 2 heteroatoms. The summed E-state index contributed by atoms with van der Waals surface area (Å²) >= 11 is 0. The fourth-order valence-corrected chi connectivity index (χ4v) is 0.781. The van der Waals surface area contributed by atoms with Crippen molar-refractivity contribution in [3.05, 3.63) is 24.5 Å². The average molecular weight is 152 g/mol. The summed E-state index contributed by atoms with van der Waals surface area (Å²) in [6.07, 6.45) is 3.58. The van der Waals surface area contributed by atoms with Crippen molar-refractivity contribution in [3.63, 3.8) is 0 Å². The summed E-state index contributed by atoms with van der Waals surface area (Å²) in [6, 6.07) is 1.94. The molecule has 0 unspecified atom stereocenters. The first-order chi connectivity index (χ1) is 5.38. The summed E-state index contributed by atoms with van der Waals surface area (Å²) < 4.78 is 1.90. The first-order valence-electron chi connectivity index (χ1n) is 4.02. The summed E-state index contributed by atoms with van der Waals surface area (Å²) in [5.74, 6) is 0. The van der Waals surface area contributed by atoms with E-state index in [-0.39, 0.29) is 0 Å². The van der Waals surface area contributed by atoms with Crippen molar-refractivity contribution in [2.45, 2.75) is 27.3 Å². The molecule has 11 heavy (non-hydrogen) atoms. The Morgan fingerprint density at radius 2 is 2.27 bits per heavy atom. The molecular weight excluding hydrogens is 136 g/mol. The lowest BCUT2D eigenvalue weighted by Crippen LogP contribution is -1.97. The molecule has 2 nitrogen and oxygen atoms in total. The highest BCUT2D eigenvalue weighted by Crippen LogP contribution is 1.98. The summed E-state index contributed by atoms with van der Waals surface area (Å²) in [4.78, 5) is 0. The van der Waals surface area contributed by atoms with Gasteiger partial charge in [0.1, 0.15) is 0 Å². The Morgan fingerprint density at radius 3 is 2.64 bits per heavy atom. The number of nitrogens with zero attached hydrogens (tertiary/aromatic N) is 2. The number of aromatic nitrogens is 2. The third kappa shape index (κ3) is 2.58. The standard InChI is InChI=1S/C7H10N2.C2H6/c1-3-7-5-6-8-9(7)4-2;1-2/h3,5-6H,1,4H2,2H3;1-2H3. The van der Waals surface area contributed by atoms with E-state index in [0.717, 1.165) is 12.2 Å². The Labute approximate surface area is 68.5 Å². The number of aryl methyl sites for hydroxylation is 1. The van der Waals surface area contributed by atoms with Crippen molar-refractivity contribution in [1.82, 2.24) is 9.78 Å². The van der Waals surface area contributed by atoms with Crippen molar-refractivity contribution in [2.24, 2.45) is 0 Å². The molecule has 0 atom stereocenters. The van der Waals surface area contributed by atoms with Crippen molar-refractivity contribution in [3.8, 4) is 0 Å². The van der Waals surface area contributed by atoms with Crippen LogP contribution in [0.25, 0.3) is 6.08 Å². The van der Waals surface area contributed by atoms with Gasteiger partial charge in [0.25, 0.3) is 0 Å². The van der Waals surface area contributed by atoms with Crippen LogP contribution in [-0.2, 0) is 6.54 Å². The van der Waals surface area contributed by atoms with E-state index in [9.17, 15) is 0 Å². The number of hydrogen-bond acceptors (Lipinski definition) is 1. The molecule has 0 spiro atoms. The van der Waals surface area contributed by atoms with Crippen LogP contribution in [0.15, 0.2) is 18.8 Å². The van der Waals surface area contributed by atoms with Crippen LogP contribution in [0.5, 0.6) is 0 Å². The molecule has 0 aliphatic rings. The zero-order chi connectivity index (χ0) is 8.69. The van der Waals surface area contributed by atoms with E-state index in [1.54, 1.807) is 12.3 Å². The molecule has 0 N–H and O–H groups in total. The molecule has 0 bridgehead atoms. The molecule has 1 aromatic heterocycles. The van der Waals surface area contributed by atoms with E-state index in [2.05, 4.69) is 18.6 Å². The predicted molar refractivity (Wildman–Crippen MR) is 49.3 cm³/mol. The van der Waals surface area contributed by atoms with Gasteiger partial charge in [0.05, 0.1) is 5.69 Å². The molecular formula is C9H16N2. The molecule has 0 amide bonds. The SMILES string of the molecule is C=Cc1ccnn1CC.CC. The fourth-order valence-electron chi connectivity index (χ4n) is 0.781. The van der Waals surface area contributed by atoms with Gasteiger partial charge < -0.3 is 0 Å². The molecule has 1 rings (SSSR count). The Hall–Kier alpha value is -1.05. The lowest BCUT2D eigenvalue weighted by molar-refractivity contribution is 0.654. The molecule has 0 aliphatic carbocycles. The van der Waals surface area contributed by atoms with Crippen LogP contribution < -0.4 is 0 Å². The fraction of sp³-hybridized carbons (Fsp3) is 0.444. The number of rotatable bonds is 2. The molecule has 1 aromatic rings. The molecule has 62 valence electrons. The molecule has 1 heterocycles. The largest absolute Gasteiger partial charge is 0.266 e. The highest BCUT2D eigenvalue weighted by molar-refractivity contribution is 5.40. The maximum Gasteiger partial charge on any atom is 0.0603 e. The highest BCUT2D eigenvalue weighted by atomic mass is 15.3. The van der Waals surface area contributed by atoms with Crippen LogP contribution in [0.4, 0.5) is 0 Å². The van der Waals surface area contributed by atoms with Crippen LogP contribution in [0.3, 0.4) is 0 Å². The van der Waals surface area contributed by atoms with Gasteiger partial charge in [0.2, 0.25) is 0 Å². The summed E-state index contributed by atoms with van der Waals surface area (Å²) in [7, 11) is 0. The summed E-state index contributed by atoms with van der Waals surface area (Å²) in [5, 5.41) is 4.05. The van der Waals surface area contributed by atoms with Gasteiger partial charge in [-0.3, -0.25) is 4.68 Å². The lowest BCUT2D eigenvalue weighted by atomic mass is 10.4. The number of hydrogen-bond donors (Lipinski definition) is 0. The van der Waals surface area contributed by atoms with Gasteiger partial charge in [-0.05, 0) is 19.1 Å². The van der Waals surface area contributed by atoms with Crippen molar-refractivity contribution >= 4 is 6.08 Å².